The van der Waals surface area contributed by atoms with E-state index in [0.29, 0.717) is 5.56 Å². The van der Waals surface area contributed by atoms with Crippen molar-refractivity contribution in [1.82, 2.24) is 9.55 Å². The number of carbonyl (C=O) groups excluding carboxylic acids is 1. The van der Waals surface area contributed by atoms with Crippen molar-refractivity contribution in [3.8, 4) is 5.69 Å². The molecule has 0 unspecified atom stereocenters. The number of amides is 1. The van der Waals surface area contributed by atoms with Gasteiger partial charge in [-0.3, -0.25) is 9.78 Å². The summed E-state index contributed by atoms with van der Waals surface area (Å²) in [6, 6.07) is 12.1. The monoisotopic (exact) mass is 319 g/mol. The third-order valence-electron chi connectivity index (χ3n) is 4.22. The SMILES string of the molecule is Cc1cccc(-n2c(C)cc(C(=O)Nc3cnccc3C)c2C)c1. The first-order valence-corrected chi connectivity index (χ1v) is 7.95. The molecule has 1 aromatic carbocycles. The van der Waals surface area contributed by atoms with Crippen molar-refractivity contribution in [2.75, 3.05) is 5.32 Å². The Labute approximate surface area is 142 Å². The number of anilines is 1. The maximum Gasteiger partial charge on any atom is 0.257 e. The fourth-order valence-electron chi connectivity index (χ4n) is 2.94. The van der Waals surface area contributed by atoms with E-state index in [1.54, 1.807) is 12.4 Å². The first-order valence-electron chi connectivity index (χ1n) is 7.95. The van der Waals surface area contributed by atoms with Gasteiger partial charge in [-0.05, 0) is 63.1 Å². The molecule has 1 N–H and O–H groups in total. The number of nitrogens with zero attached hydrogens (tertiary/aromatic N) is 2. The Morgan fingerprint density at radius 1 is 1.08 bits per heavy atom. The number of pyridine rings is 1. The van der Waals surface area contributed by atoms with Gasteiger partial charge in [-0.1, -0.05) is 12.1 Å². The van der Waals surface area contributed by atoms with Gasteiger partial charge in [0.25, 0.3) is 5.91 Å². The predicted molar refractivity (Wildman–Crippen MR) is 96.9 cm³/mol. The molecule has 0 atom stereocenters. The summed E-state index contributed by atoms with van der Waals surface area (Å²) in [7, 11) is 0. The molecule has 24 heavy (non-hydrogen) atoms. The van der Waals surface area contributed by atoms with Gasteiger partial charge in [0.05, 0.1) is 17.4 Å². The summed E-state index contributed by atoms with van der Waals surface area (Å²) in [5, 5.41) is 2.96. The molecule has 4 heteroatoms. The van der Waals surface area contributed by atoms with E-state index in [9.17, 15) is 4.79 Å². The topological polar surface area (TPSA) is 46.9 Å². The summed E-state index contributed by atoms with van der Waals surface area (Å²) in [5.41, 5.74) is 6.63. The smallest absolute Gasteiger partial charge is 0.257 e. The molecule has 0 radical (unpaired) electrons. The van der Waals surface area contributed by atoms with Gasteiger partial charge in [0.2, 0.25) is 0 Å². The second kappa shape index (κ2) is 6.32. The van der Waals surface area contributed by atoms with Crippen LogP contribution in [0.25, 0.3) is 5.69 Å². The predicted octanol–water partition coefficient (Wildman–Crippen LogP) is 4.36. The largest absolute Gasteiger partial charge is 0.320 e. The quantitative estimate of drug-likeness (QED) is 0.780. The van der Waals surface area contributed by atoms with Gasteiger partial charge < -0.3 is 9.88 Å². The van der Waals surface area contributed by atoms with Crippen molar-refractivity contribution in [2.45, 2.75) is 27.7 Å². The molecule has 0 bridgehead atoms. The highest BCUT2D eigenvalue weighted by Gasteiger charge is 2.17. The second-order valence-electron chi connectivity index (χ2n) is 6.10. The van der Waals surface area contributed by atoms with Crippen LogP contribution in [0.5, 0.6) is 0 Å². The average Bonchev–Trinajstić information content (AvgIpc) is 2.84. The molecule has 1 amide bonds. The lowest BCUT2D eigenvalue weighted by atomic mass is 10.2. The summed E-state index contributed by atoms with van der Waals surface area (Å²) in [6.07, 6.45) is 3.39. The minimum atomic E-state index is -0.113. The van der Waals surface area contributed by atoms with Crippen molar-refractivity contribution < 1.29 is 4.79 Å². The first-order chi connectivity index (χ1) is 11.5. The first kappa shape index (κ1) is 16.0. The highest BCUT2D eigenvalue weighted by Crippen LogP contribution is 2.23. The minimum absolute atomic E-state index is 0.113. The zero-order chi connectivity index (χ0) is 17.3. The summed E-state index contributed by atoms with van der Waals surface area (Å²) in [4.78, 5) is 16.8. The highest BCUT2D eigenvalue weighted by atomic mass is 16.1. The summed E-state index contributed by atoms with van der Waals surface area (Å²) < 4.78 is 2.11. The van der Waals surface area contributed by atoms with Gasteiger partial charge in [0.15, 0.2) is 0 Å². The maximum atomic E-state index is 12.7. The lowest BCUT2D eigenvalue weighted by Gasteiger charge is -2.11. The molecule has 4 nitrogen and oxygen atoms in total. The summed E-state index contributed by atoms with van der Waals surface area (Å²) >= 11 is 0. The summed E-state index contributed by atoms with van der Waals surface area (Å²) in [5.74, 6) is -0.113. The maximum absolute atomic E-state index is 12.7. The Kier molecular flexibility index (Phi) is 4.21. The number of nitrogens with one attached hydrogen (secondary N) is 1. The van der Waals surface area contributed by atoms with Crippen LogP contribution in [0, 0.1) is 27.7 Å². The van der Waals surface area contributed by atoms with Crippen LogP contribution in [0.3, 0.4) is 0 Å². The number of hydrogen-bond donors (Lipinski definition) is 1. The normalized spacial score (nSPS) is 10.7. The Morgan fingerprint density at radius 2 is 1.88 bits per heavy atom. The summed E-state index contributed by atoms with van der Waals surface area (Å²) in [6.45, 7) is 8.01. The van der Waals surface area contributed by atoms with Crippen LogP contribution >= 0.6 is 0 Å². The molecule has 0 spiro atoms. The van der Waals surface area contributed by atoms with Crippen LogP contribution in [0.4, 0.5) is 5.69 Å². The van der Waals surface area contributed by atoms with Gasteiger partial charge in [-0.2, -0.15) is 0 Å². The third-order valence-corrected chi connectivity index (χ3v) is 4.22. The van der Waals surface area contributed by atoms with E-state index in [4.69, 9.17) is 0 Å². The van der Waals surface area contributed by atoms with Gasteiger partial charge in [-0.25, -0.2) is 0 Å². The molecule has 122 valence electrons. The molecule has 2 aromatic heterocycles. The van der Waals surface area contributed by atoms with Gasteiger partial charge >= 0.3 is 0 Å². The third kappa shape index (κ3) is 2.95. The number of hydrogen-bond acceptors (Lipinski definition) is 2. The van der Waals surface area contributed by atoms with Crippen molar-refractivity contribution in [3.63, 3.8) is 0 Å². The molecule has 3 rings (SSSR count). The molecule has 0 saturated heterocycles. The van der Waals surface area contributed by atoms with Crippen LogP contribution in [0.2, 0.25) is 0 Å². The Bertz CT molecular complexity index is 909. The van der Waals surface area contributed by atoms with E-state index in [-0.39, 0.29) is 5.91 Å². The highest BCUT2D eigenvalue weighted by molar-refractivity contribution is 6.05. The zero-order valence-corrected chi connectivity index (χ0v) is 14.4. The second-order valence-corrected chi connectivity index (χ2v) is 6.10. The molecule has 0 aliphatic heterocycles. The van der Waals surface area contributed by atoms with E-state index in [2.05, 4.69) is 40.0 Å². The molecule has 0 fully saturated rings. The van der Waals surface area contributed by atoms with Gasteiger partial charge in [0, 0.05) is 23.3 Å². The average molecular weight is 319 g/mol. The van der Waals surface area contributed by atoms with Crippen LogP contribution in [-0.4, -0.2) is 15.5 Å². The van der Waals surface area contributed by atoms with Crippen molar-refractivity contribution in [2.24, 2.45) is 0 Å². The molecular formula is C20H21N3O. The van der Waals surface area contributed by atoms with E-state index in [1.807, 2.05) is 39.0 Å². The van der Waals surface area contributed by atoms with E-state index in [0.717, 1.165) is 28.3 Å². The Hall–Kier alpha value is -2.88. The number of aromatic nitrogens is 2. The fraction of sp³-hybridized carbons (Fsp3) is 0.200. The fourth-order valence-corrected chi connectivity index (χ4v) is 2.94. The van der Waals surface area contributed by atoms with Gasteiger partial charge in [-0.15, -0.1) is 0 Å². The molecular weight excluding hydrogens is 298 g/mol. The Morgan fingerprint density at radius 3 is 2.58 bits per heavy atom. The van der Waals surface area contributed by atoms with E-state index in [1.165, 1.54) is 5.56 Å². The number of rotatable bonds is 3. The van der Waals surface area contributed by atoms with Crippen molar-refractivity contribution >= 4 is 11.6 Å². The van der Waals surface area contributed by atoms with Crippen LogP contribution in [0.15, 0.2) is 48.8 Å². The Balaban J connectivity index is 1.97. The molecule has 3 aromatic rings. The van der Waals surface area contributed by atoms with Crippen molar-refractivity contribution in [1.29, 1.82) is 0 Å². The van der Waals surface area contributed by atoms with Gasteiger partial charge in [0.1, 0.15) is 0 Å². The number of benzene rings is 1. The van der Waals surface area contributed by atoms with Crippen LogP contribution in [0.1, 0.15) is 32.9 Å². The van der Waals surface area contributed by atoms with Crippen LogP contribution in [-0.2, 0) is 0 Å². The van der Waals surface area contributed by atoms with E-state index < -0.39 is 0 Å². The standard InChI is InChI=1S/C20H21N3O/c1-13-6-5-7-17(10-13)23-15(3)11-18(16(23)4)20(24)22-19-12-21-9-8-14(19)2/h5-12H,1-4H3,(H,22,24). The van der Waals surface area contributed by atoms with Crippen LogP contribution < -0.4 is 5.32 Å². The number of carbonyl (C=O) groups is 1. The molecule has 0 aliphatic rings. The zero-order valence-electron chi connectivity index (χ0n) is 14.4. The van der Waals surface area contributed by atoms with E-state index >= 15 is 0 Å². The lowest BCUT2D eigenvalue weighted by Crippen LogP contribution is -2.14. The molecule has 0 aliphatic carbocycles. The van der Waals surface area contributed by atoms with Crippen molar-refractivity contribution in [3.05, 3.63) is 76.9 Å². The lowest BCUT2D eigenvalue weighted by molar-refractivity contribution is 0.102. The number of aryl methyl sites for hydroxylation is 3. The minimum Gasteiger partial charge on any atom is -0.320 e. The molecule has 0 saturated carbocycles. The molecule has 2 heterocycles.